The summed E-state index contributed by atoms with van der Waals surface area (Å²) < 4.78 is 5.47. The summed E-state index contributed by atoms with van der Waals surface area (Å²) in [5.74, 6) is -0.857. The van der Waals surface area contributed by atoms with Crippen LogP contribution in [-0.4, -0.2) is 47.6 Å². The SMILES string of the molecule is CN(C)CCc1ccnc2cccc(OC(=O)CCCC(=O)O)c12. The minimum atomic E-state index is -0.914. The van der Waals surface area contributed by atoms with Crippen molar-refractivity contribution in [1.82, 2.24) is 9.88 Å². The summed E-state index contributed by atoms with van der Waals surface area (Å²) in [4.78, 5) is 28.9. The van der Waals surface area contributed by atoms with E-state index in [1.165, 1.54) is 0 Å². The molecular formula is C18H22N2O4. The minimum absolute atomic E-state index is 0.0414. The first-order valence-electron chi connectivity index (χ1n) is 7.91. The number of hydrogen-bond acceptors (Lipinski definition) is 5. The summed E-state index contributed by atoms with van der Waals surface area (Å²) >= 11 is 0. The van der Waals surface area contributed by atoms with E-state index < -0.39 is 11.9 Å². The molecule has 1 heterocycles. The molecule has 0 aliphatic carbocycles. The maximum Gasteiger partial charge on any atom is 0.311 e. The second kappa shape index (κ2) is 8.40. The van der Waals surface area contributed by atoms with E-state index in [9.17, 15) is 9.59 Å². The summed E-state index contributed by atoms with van der Waals surface area (Å²) in [6.07, 6.45) is 2.88. The number of carbonyl (C=O) groups excluding carboxylic acids is 1. The number of carbonyl (C=O) groups is 2. The zero-order valence-corrected chi connectivity index (χ0v) is 14.0. The van der Waals surface area contributed by atoms with Crippen LogP contribution >= 0.6 is 0 Å². The number of aromatic nitrogens is 1. The van der Waals surface area contributed by atoms with E-state index in [2.05, 4.69) is 9.88 Å². The van der Waals surface area contributed by atoms with Crippen LogP contribution in [0.1, 0.15) is 24.8 Å². The monoisotopic (exact) mass is 330 g/mol. The maximum atomic E-state index is 12.0. The molecule has 128 valence electrons. The second-order valence-corrected chi connectivity index (χ2v) is 5.89. The Balaban J connectivity index is 2.19. The van der Waals surface area contributed by atoms with E-state index in [1.807, 2.05) is 26.2 Å². The molecule has 6 nitrogen and oxygen atoms in total. The van der Waals surface area contributed by atoms with Crippen molar-refractivity contribution in [2.24, 2.45) is 0 Å². The first-order chi connectivity index (χ1) is 11.5. The Morgan fingerprint density at radius 3 is 2.71 bits per heavy atom. The molecule has 0 radical (unpaired) electrons. The summed E-state index contributed by atoms with van der Waals surface area (Å²) in [6.45, 7) is 0.875. The third-order valence-corrected chi connectivity index (χ3v) is 3.64. The Bertz CT molecular complexity index is 723. The van der Waals surface area contributed by atoms with Gasteiger partial charge in [-0.2, -0.15) is 0 Å². The number of ether oxygens (including phenoxy) is 1. The quantitative estimate of drug-likeness (QED) is 0.592. The number of nitrogens with zero attached hydrogens (tertiary/aromatic N) is 2. The van der Waals surface area contributed by atoms with Gasteiger partial charge in [0.1, 0.15) is 5.75 Å². The smallest absolute Gasteiger partial charge is 0.311 e. The fourth-order valence-corrected chi connectivity index (χ4v) is 2.44. The van der Waals surface area contributed by atoms with Gasteiger partial charge >= 0.3 is 11.9 Å². The lowest BCUT2D eigenvalue weighted by molar-refractivity contribution is -0.137. The molecule has 1 N–H and O–H groups in total. The molecule has 0 atom stereocenters. The fourth-order valence-electron chi connectivity index (χ4n) is 2.44. The molecule has 0 unspecified atom stereocenters. The number of aliphatic carboxylic acids is 1. The van der Waals surface area contributed by atoms with Gasteiger partial charge in [0.05, 0.1) is 5.52 Å². The van der Waals surface area contributed by atoms with E-state index in [0.29, 0.717) is 5.75 Å². The predicted molar refractivity (Wildman–Crippen MR) is 91.1 cm³/mol. The molecule has 0 aliphatic rings. The molecule has 6 heteroatoms. The first kappa shape index (κ1) is 17.9. The fraction of sp³-hybridized carbons (Fsp3) is 0.389. The highest BCUT2D eigenvalue weighted by Crippen LogP contribution is 2.28. The highest BCUT2D eigenvalue weighted by atomic mass is 16.5. The molecule has 0 saturated heterocycles. The van der Waals surface area contributed by atoms with Gasteiger partial charge < -0.3 is 14.7 Å². The lowest BCUT2D eigenvalue weighted by Gasteiger charge is -2.13. The zero-order valence-electron chi connectivity index (χ0n) is 14.0. The third-order valence-electron chi connectivity index (χ3n) is 3.64. The number of esters is 1. The van der Waals surface area contributed by atoms with E-state index in [0.717, 1.165) is 29.4 Å². The Hall–Kier alpha value is -2.47. The Morgan fingerprint density at radius 2 is 2.00 bits per heavy atom. The van der Waals surface area contributed by atoms with Gasteiger partial charge in [0.15, 0.2) is 0 Å². The van der Waals surface area contributed by atoms with Crippen molar-refractivity contribution in [3.05, 3.63) is 36.0 Å². The molecule has 2 aromatic rings. The molecule has 0 amide bonds. The van der Waals surface area contributed by atoms with E-state index in [1.54, 1.807) is 18.3 Å². The highest BCUT2D eigenvalue weighted by Gasteiger charge is 2.13. The largest absolute Gasteiger partial charge is 0.481 e. The number of benzene rings is 1. The van der Waals surface area contributed by atoms with Crippen LogP contribution in [0.4, 0.5) is 0 Å². The van der Waals surface area contributed by atoms with Crippen molar-refractivity contribution in [2.45, 2.75) is 25.7 Å². The van der Waals surface area contributed by atoms with E-state index >= 15 is 0 Å². The molecule has 0 saturated carbocycles. The number of hydrogen-bond donors (Lipinski definition) is 1. The lowest BCUT2D eigenvalue weighted by Crippen LogP contribution is -2.15. The van der Waals surface area contributed by atoms with Crippen LogP contribution in [0.15, 0.2) is 30.5 Å². The first-order valence-corrected chi connectivity index (χ1v) is 7.91. The van der Waals surface area contributed by atoms with Gasteiger partial charge in [0.25, 0.3) is 0 Å². The summed E-state index contributed by atoms with van der Waals surface area (Å²) in [5, 5.41) is 9.47. The number of pyridine rings is 1. The standard InChI is InChI=1S/C18H22N2O4/c1-20(2)12-10-13-9-11-19-14-5-3-6-15(18(13)14)24-17(23)8-4-7-16(21)22/h3,5-6,9,11H,4,7-8,10,12H2,1-2H3,(H,21,22). The van der Waals surface area contributed by atoms with Gasteiger partial charge in [-0.1, -0.05) is 6.07 Å². The van der Waals surface area contributed by atoms with Gasteiger partial charge in [-0.3, -0.25) is 14.6 Å². The number of carboxylic acid groups (broad SMARTS) is 1. The topological polar surface area (TPSA) is 79.7 Å². The van der Waals surface area contributed by atoms with Crippen molar-refractivity contribution in [3.63, 3.8) is 0 Å². The number of rotatable bonds is 8. The molecule has 24 heavy (non-hydrogen) atoms. The zero-order chi connectivity index (χ0) is 17.5. The Labute approximate surface area is 141 Å². The Morgan fingerprint density at radius 1 is 1.21 bits per heavy atom. The van der Waals surface area contributed by atoms with Crippen LogP contribution in [0.2, 0.25) is 0 Å². The summed E-state index contributed by atoms with van der Waals surface area (Å²) in [6, 6.07) is 7.37. The molecule has 1 aromatic heterocycles. The van der Waals surface area contributed by atoms with Crippen LogP contribution in [0.5, 0.6) is 5.75 Å². The normalized spacial score (nSPS) is 11.0. The molecular weight excluding hydrogens is 308 g/mol. The van der Waals surface area contributed by atoms with Crippen LogP contribution in [0, 0.1) is 0 Å². The minimum Gasteiger partial charge on any atom is -0.481 e. The van der Waals surface area contributed by atoms with Crippen LogP contribution in [0.3, 0.4) is 0 Å². The molecule has 2 rings (SSSR count). The molecule has 1 aromatic carbocycles. The second-order valence-electron chi connectivity index (χ2n) is 5.89. The molecule has 0 spiro atoms. The molecule has 0 aliphatic heterocycles. The number of likely N-dealkylation sites (N-methyl/N-ethyl adjacent to an activating group) is 1. The summed E-state index contributed by atoms with van der Waals surface area (Å²) in [7, 11) is 4.01. The van der Waals surface area contributed by atoms with Gasteiger partial charge in [0, 0.05) is 31.0 Å². The van der Waals surface area contributed by atoms with Crippen LogP contribution in [0.25, 0.3) is 10.9 Å². The average molecular weight is 330 g/mol. The van der Waals surface area contributed by atoms with Crippen molar-refractivity contribution < 1.29 is 19.4 Å². The van der Waals surface area contributed by atoms with Gasteiger partial charge in [-0.25, -0.2) is 0 Å². The van der Waals surface area contributed by atoms with Gasteiger partial charge in [0.2, 0.25) is 0 Å². The van der Waals surface area contributed by atoms with Crippen molar-refractivity contribution in [3.8, 4) is 5.75 Å². The van der Waals surface area contributed by atoms with Gasteiger partial charge in [-0.05, 0) is 50.7 Å². The van der Waals surface area contributed by atoms with Crippen LogP contribution < -0.4 is 4.74 Å². The van der Waals surface area contributed by atoms with Crippen LogP contribution in [-0.2, 0) is 16.0 Å². The van der Waals surface area contributed by atoms with Crippen molar-refractivity contribution in [2.75, 3.05) is 20.6 Å². The maximum absolute atomic E-state index is 12.0. The van der Waals surface area contributed by atoms with E-state index in [4.69, 9.17) is 9.84 Å². The predicted octanol–water partition coefficient (Wildman–Crippen LogP) is 2.50. The Kier molecular flexibility index (Phi) is 6.26. The third kappa shape index (κ3) is 5.03. The number of carboxylic acids is 1. The summed E-state index contributed by atoms with van der Waals surface area (Å²) in [5.41, 5.74) is 1.85. The van der Waals surface area contributed by atoms with Crippen molar-refractivity contribution in [1.29, 1.82) is 0 Å². The van der Waals surface area contributed by atoms with E-state index in [-0.39, 0.29) is 19.3 Å². The molecule has 0 fully saturated rings. The molecule has 0 bridgehead atoms. The average Bonchev–Trinajstić information content (AvgIpc) is 2.52. The van der Waals surface area contributed by atoms with Gasteiger partial charge in [-0.15, -0.1) is 0 Å². The lowest BCUT2D eigenvalue weighted by atomic mass is 10.1. The van der Waals surface area contributed by atoms with Crippen molar-refractivity contribution >= 4 is 22.8 Å². The number of fused-ring (bicyclic) bond motifs is 1. The highest BCUT2D eigenvalue weighted by molar-refractivity contribution is 5.90.